The molecule has 1 saturated heterocycles. The Balaban J connectivity index is 1.55. The third-order valence-corrected chi connectivity index (χ3v) is 6.64. The van der Waals surface area contributed by atoms with Crippen LogP contribution in [0.3, 0.4) is 0 Å². The van der Waals surface area contributed by atoms with Gasteiger partial charge in [0.2, 0.25) is 5.91 Å². The van der Waals surface area contributed by atoms with Gasteiger partial charge in [-0.05, 0) is 30.9 Å². The van der Waals surface area contributed by atoms with Gasteiger partial charge in [-0.15, -0.1) is 0 Å². The number of amides is 1. The molecule has 2 aromatic rings. The van der Waals surface area contributed by atoms with Crippen molar-refractivity contribution < 1.29 is 27.4 Å². The Kier molecular flexibility index (Phi) is 5.94. The topological polar surface area (TPSA) is 59.8 Å². The maximum Gasteiger partial charge on any atom is 0.304 e. The molecule has 1 fully saturated rings. The number of benzene rings is 1. The average molecular weight is 464 g/mol. The van der Waals surface area contributed by atoms with Crippen molar-refractivity contribution in [3.8, 4) is 5.75 Å². The Hall–Kier alpha value is -2.75. The SMILES string of the molecule is CC(=O)N1CCc2c(c(N3CCCc4ccc(OC(F)C(F)F)cc43)nn2[C@H]2CCOC2)C1. The van der Waals surface area contributed by atoms with Crippen LogP contribution < -0.4 is 9.64 Å². The van der Waals surface area contributed by atoms with Gasteiger partial charge < -0.3 is 19.3 Å². The van der Waals surface area contributed by atoms with Gasteiger partial charge in [0.15, 0.2) is 5.82 Å². The number of aromatic nitrogens is 2. The van der Waals surface area contributed by atoms with Crippen LogP contribution in [0.25, 0.3) is 0 Å². The molecule has 0 saturated carbocycles. The van der Waals surface area contributed by atoms with Crippen molar-refractivity contribution in [3.05, 3.63) is 35.0 Å². The molecular formula is C23H27F3N4O3. The molecule has 2 atom stereocenters. The molecule has 3 aliphatic heterocycles. The molecule has 5 rings (SSSR count). The maximum absolute atomic E-state index is 13.5. The number of anilines is 2. The zero-order valence-electron chi connectivity index (χ0n) is 18.5. The normalized spacial score (nSPS) is 21.2. The molecule has 3 aliphatic rings. The van der Waals surface area contributed by atoms with Crippen molar-refractivity contribution in [2.24, 2.45) is 0 Å². The highest BCUT2D eigenvalue weighted by Crippen LogP contribution is 2.40. The van der Waals surface area contributed by atoms with Gasteiger partial charge in [-0.2, -0.15) is 9.49 Å². The molecule has 7 nitrogen and oxygen atoms in total. The van der Waals surface area contributed by atoms with Crippen molar-refractivity contribution in [3.63, 3.8) is 0 Å². The zero-order valence-corrected chi connectivity index (χ0v) is 18.5. The number of carbonyl (C=O) groups is 1. The van der Waals surface area contributed by atoms with E-state index in [9.17, 15) is 18.0 Å². The van der Waals surface area contributed by atoms with Crippen LogP contribution in [0.5, 0.6) is 5.75 Å². The minimum absolute atomic E-state index is 0.0132. The van der Waals surface area contributed by atoms with Crippen molar-refractivity contribution >= 4 is 17.4 Å². The summed E-state index contributed by atoms with van der Waals surface area (Å²) in [5.41, 5.74) is 3.90. The highest BCUT2D eigenvalue weighted by atomic mass is 19.3. The number of alkyl halides is 3. The van der Waals surface area contributed by atoms with Crippen LogP contribution in [0.1, 0.15) is 42.6 Å². The highest BCUT2D eigenvalue weighted by molar-refractivity contribution is 5.75. The van der Waals surface area contributed by atoms with E-state index in [0.717, 1.165) is 47.6 Å². The second-order valence-electron chi connectivity index (χ2n) is 8.75. The Morgan fingerprint density at radius 2 is 2.09 bits per heavy atom. The number of ether oxygens (including phenoxy) is 2. The summed E-state index contributed by atoms with van der Waals surface area (Å²) in [6.45, 7) is 4.64. The fourth-order valence-corrected chi connectivity index (χ4v) is 4.96. The van der Waals surface area contributed by atoms with Crippen LogP contribution in [0.4, 0.5) is 24.7 Å². The average Bonchev–Trinajstić information content (AvgIpc) is 3.46. The van der Waals surface area contributed by atoms with E-state index in [-0.39, 0.29) is 17.7 Å². The Morgan fingerprint density at radius 1 is 1.24 bits per heavy atom. The Labute approximate surface area is 190 Å². The van der Waals surface area contributed by atoms with Gasteiger partial charge in [0, 0.05) is 56.1 Å². The van der Waals surface area contributed by atoms with E-state index in [1.54, 1.807) is 19.1 Å². The predicted octanol–water partition coefficient (Wildman–Crippen LogP) is 3.77. The molecule has 178 valence electrons. The molecule has 0 bridgehead atoms. The van der Waals surface area contributed by atoms with Crippen LogP contribution in [-0.4, -0.2) is 59.7 Å². The minimum atomic E-state index is -3.22. The number of nitrogens with zero attached hydrogens (tertiary/aromatic N) is 4. The number of carbonyl (C=O) groups excluding carboxylic acids is 1. The van der Waals surface area contributed by atoms with Gasteiger partial charge in [0.25, 0.3) is 6.36 Å². The Morgan fingerprint density at radius 3 is 2.82 bits per heavy atom. The molecule has 1 amide bonds. The lowest BCUT2D eigenvalue weighted by atomic mass is 10.00. The van der Waals surface area contributed by atoms with E-state index in [1.165, 1.54) is 6.07 Å². The first-order valence-electron chi connectivity index (χ1n) is 11.3. The third kappa shape index (κ3) is 4.16. The lowest BCUT2D eigenvalue weighted by molar-refractivity contribution is -0.129. The summed E-state index contributed by atoms with van der Waals surface area (Å²) in [7, 11) is 0. The maximum atomic E-state index is 13.5. The summed E-state index contributed by atoms with van der Waals surface area (Å²) in [5, 5.41) is 5.00. The number of rotatable bonds is 5. The van der Waals surface area contributed by atoms with Crippen molar-refractivity contribution in [2.75, 3.05) is 31.2 Å². The molecule has 0 spiro atoms. The van der Waals surface area contributed by atoms with E-state index in [0.29, 0.717) is 39.3 Å². The molecule has 33 heavy (non-hydrogen) atoms. The Bertz CT molecular complexity index is 1040. The minimum Gasteiger partial charge on any atom is -0.454 e. The molecule has 1 aromatic heterocycles. The van der Waals surface area contributed by atoms with E-state index in [1.807, 2.05) is 4.90 Å². The molecule has 10 heteroatoms. The summed E-state index contributed by atoms with van der Waals surface area (Å²) in [6.07, 6.45) is -2.60. The lowest BCUT2D eigenvalue weighted by Gasteiger charge is -2.32. The fraction of sp³-hybridized carbons (Fsp3) is 0.565. The molecule has 0 radical (unpaired) electrons. The first kappa shape index (κ1) is 22.1. The van der Waals surface area contributed by atoms with Gasteiger partial charge in [0.1, 0.15) is 5.75 Å². The number of aryl methyl sites for hydroxylation is 1. The van der Waals surface area contributed by atoms with Gasteiger partial charge >= 0.3 is 6.43 Å². The van der Waals surface area contributed by atoms with Crippen LogP contribution >= 0.6 is 0 Å². The summed E-state index contributed by atoms with van der Waals surface area (Å²) in [6, 6.07) is 5.08. The van der Waals surface area contributed by atoms with E-state index < -0.39 is 12.8 Å². The summed E-state index contributed by atoms with van der Waals surface area (Å²) < 4.78 is 51.4. The second-order valence-corrected chi connectivity index (χ2v) is 8.75. The monoisotopic (exact) mass is 464 g/mol. The lowest BCUT2D eigenvalue weighted by Crippen LogP contribution is -2.35. The predicted molar refractivity (Wildman–Crippen MR) is 115 cm³/mol. The van der Waals surface area contributed by atoms with E-state index in [4.69, 9.17) is 14.6 Å². The number of halogens is 3. The molecule has 1 unspecified atom stereocenters. The standard InChI is InChI=1S/C23H27F3N4O3/c1-14(31)28-9-6-19-18(12-28)23(27-30(19)16-7-10-32-13-16)29-8-2-3-15-4-5-17(11-20(15)29)33-22(26)21(24)25/h4-5,11,16,21-22H,2-3,6-10,12-13H2,1H3/t16-,22?/m0/s1. The molecule has 0 N–H and O–H groups in total. The molecular weight excluding hydrogens is 437 g/mol. The molecule has 1 aromatic carbocycles. The van der Waals surface area contributed by atoms with Crippen LogP contribution in [0.15, 0.2) is 18.2 Å². The van der Waals surface area contributed by atoms with Crippen LogP contribution in [0.2, 0.25) is 0 Å². The summed E-state index contributed by atoms with van der Waals surface area (Å²) in [5.74, 6) is 0.821. The van der Waals surface area contributed by atoms with Crippen LogP contribution in [-0.2, 0) is 28.9 Å². The van der Waals surface area contributed by atoms with Gasteiger partial charge in [0.05, 0.1) is 19.2 Å². The first-order valence-corrected chi connectivity index (χ1v) is 11.3. The van der Waals surface area contributed by atoms with Gasteiger partial charge in [-0.1, -0.05) is 6.07 Å². The number of fused-ring (bicyclic) bond motifs is 2. The summed E-state index contributed by atoms with van der Waals surface area (Å²) in [4.78, 5) is 16.0. The van der Waals surface area contributed by atoms with E-state index >= 15 is 0 Å². The van der Waals surface area contributed by atoms with Crippen molar-refractivity contribution in [1.82, 2.24) is 14.7 Å². The van der Waals surface area contributed by atoms with Gasteiger partial charge in [-0.25, -0.2) is 8.78 Å². The van der Waals surface area contributed by atoms with E-state index in [2.05, 4.69) is 9.58 Å². The summed E-state index contributed by atoms with van der Waals surface area (Å²) >= 11 is 0. The van der Waals surface area contributed by atoms with Crippen LogP contribution in [0, 0.1) is 0 Å². The highest BCUT2D eigenvalue weighted by Gasteiger charge is 2.34. The van der Waals surface area contributed by atoms with Crippen molar-refractivity contribution in [1.29, 1.82) is 0 Å². The second kappa shape index (κ2) is 8.89. The zero-order chi connectivity index (χ0) is 23.1. The number of hydrogen-bond donors (Lipinski definition) is 0. The largest absolute Gasteiger partial charge is 0.454 e. The van der Waals surface area contributed by atoms with Gasteiger partial charge in [-0.3, -0.25) is 9.48 Å². The smallest absolute Gasteiger partial charge is 0.304 e. The fourth-order valence-electron chi connectivity index (χ4n) is 4.96. The molecule has 4 heterocycles. The van der Waals surface area contributed by atoms with Crippen molar-refractivity contribution in [2.45, 2.75) is 58.0 Å². The third-order valence-electron chi connectivity index (χ3n) is 6.64. The quantitative estimate of drug-likeness (QED) is 0.674. The number of hydrogen-bond acceptors (Lipinski definition) is 5. The molecule has 0 aliphatic carbocycles. The first-order chi connectivity index (χ1) is 15.9.